The van der Waals surface area contributed by atoms with Gasteiger partial charge in [-0.15, -0.1) is 0 Å². The zero-order valence-corrected chi connectivity index (χ0v) is 10.3. The summed E-state index contributed by atoms with van der Waals surface area (Å²) in [6.45, 7) is 1.88. The number of hydrogen-bond acceptors (Lipinski definition) is 2. The summed E-state index contributed by atoms with van der Waals surface area (Å²) < 4.78 is 12.9. The Hall–Kier alpha value is -1.94. The standard InChI is InChI=1S/C13H10ClFN2O/c1-8-5-6-9(14)11(7-8)17-13(18)10-3-2-4-12(15)16-10/h2-7H,1H3,(H,17,18). The minimum absolute atomic E-state index is 0.00701. The SMILES string of the molecule is Cc1ccc(Cl)c(NC(=O)c2cccc(F)n2)c1. The second kappa shape index (κ2) is 5.14. The normalized spacial score (nSPS) is 10.2. The number of halogens is 2. The van der Waals surface area contributed by atoms with E-state index in [9.17, 15) is 9.18 Å². The summed E-state index contributed by atoms with van der Waals surface area (Å²) in [5, 5.41) is 3.02. The molecule has 5 heteroatoms. The van der Waals surface area contributed by atoms with Gasteiger partial charge in [-0.1, -0.05) is 23.7 Å². The number of aryl methyl sites for hydroxylation is 1. The van der Waals surface area contributed by atoms with E-state index < -0.39 is 11.9 Å². The molecule has 0 atom stereocenters. The highest BCUT2D eigenvalue weighted by molar-refractivity contribution is 6.33. The Kier molecular flexibility index (Phi) is 3.58. The summed E-state index contributed by atoms with van der Waals surface area (Å²) in [5.74, 6) is -1.19. The first-order chi connectivity index (χ1) is 8.56. The van der Waals surface area contributed by atoms with Crippen molar-refractivity contribution in [3.8, 4) is 0 Å². The lowest BCUT2D eigenvalue weighted by Crippen LogP contribution is -2.14. The smallest absolute Gasteiger partial charge is 0.274 e. The van der Waals surface area contributed by atoms with Gasteiger partial charge in [-0.25, -0.2) is 4.98 Å². The summed E-state index contributed by atoms with van der Waals surface area (Å²) in [7, 11) is 0. The number of amides is 1. The molecule has 1 amide bonds. The maximum atomic E-state index is 12.9. The van der Waals surface area contributed by atoms with Crippen LogP contribution in [-0.2, 0) is 0 Å². The van der Waals surface area contributed by atoms with E-state index in [1.54, 1.807) is 12.1 Å². The lowest BCUT2D eigenvalue weighted by atomic mass is 10.2. The molecule has 1 N–H and O–H groups in total. The van der Waals surface area contributed by atoms with Gasteiger partial charge in [0.25, 0.3) is 5.91 Å². The van der Waals surface area contributed by atoms with Crippen LogP contribution in [0.3, 0.4) is 0 Å². The lowest BCUT2D eigenvalue weighted by molar-refractivity contribution is 0.102. The Balaban J connectivity index is 2.24. The van der Waals surface area contributed by atoms with Crippen LogP contribution in [0.15, 0.2) is 36.4 Å². The fourth-order valence-corrected chi connectivity index (χ4v) is 1.62. The summed E-state index contributed by atoms with van der Waals surface area (Å²) >= 11 is 5.95. The summed E-state index contributed by atoms with van der Waals surface area (Å²) in [4.78, 5) is 15.3. The van der Waals surface area contributed by atoms with Crippen molar-refractivity contribution in [2.45, 2.75) is 6.92 Å². The van der Waals surface area contributed by atoms with Gasteiger partial charge in [0.1, 0.15) is 5.69 Å². The molecule has 0 fully saturated rings. The lowest BCUT2D eigenvalue weighted by Gasteiger charge is -2.07. The molecular formula is C13H10ClFN2O. The third kappa shape index (κ3) is 2.84. The fraction of sp³-hybridized carbons (Fsp3) is 0.0769. The van der Waals surface area contributed by atoms with E-state index in [1.807, 2.05) is 13.0 Å². The molecule has 0 saturated carbocycles. The van der Waals surface area contributed by atoms with Crippen molar-refractivity contribution in [3.05, 3.63) is 58.6 Å². The van der Waals surface area contributed by atoms with Crippen molar-refractivity contribution < 1.29 is 9.18 Å². The molecular weight excluding hydrogens is 255 g/mol. The Morgan fingerprint density at radius 2 is 2.11 bits per heavy atom. The summed E-state index contributed by atoms with van der Waals surface area (Å²) in [6, 6.07) is 9.29. The Labute approximate surface area is 109 Å². The van der Waals surface area contributed by atoms with Crippen molar-refractivity contribution in [2.24, 2.45) is 0 Å². The first-order valence-electron chi connectivity index (χ1n) is 5.26. The van der Waals surface area contributed by atoms with Crippen LogP contribution < -0.4 is 5.32 Å². The highest BCUT2D eigenvalue weighted by Gasteiger charge is 2.10. The molecule has 0 bridgehead atoms. The molecule has 0 aliphatic heterocycles. The van der Waals surface area contributed by atoms with Crippen molar-refractivity contribution in [1.29, 1.82) is 0 Å². The van der Waals surface area contributed by atoms with Gasteiger partial charge in [-0.05, 0) is 36.8 Å². The van der Waals surface area contributed by atoms with Crippen LogP contribution in [0.4, 0.5) is 10.1 Å². The van der Waals surface area contributed by atoms with Gasteiger partial charge >= 0.3 is 0 Å². The molecule has 3 nitrogen and oxygen atoms in total. The summed E-state index contributed by atoms with van der Waals surface area (Å²) in [6.07, 6.45) is 0. The third-order valence-electron chi connectivity index (χ3n) is 2.32. The number of rotatable bonds is 2. The molecule has 0 saturated heterocycles. The molecule has 0 aliphatic rings. The molecule has 0 spiro atoms. The molecule has 1 heterocycles. The van der Waals surface area contributed by atoms with Crippen molar-refractivity contribution in [1.82, 2.24) is 4.98 Å². The van der Waals surface area contributed by atoms with Gasteiger partial charge in [-0.3, -0.25) is 4.79 Å². The minimum Gasteiger partial charge on any atom is -0.319 e. The molecule has 2 rings (SSSR count). The average Bonchev–Trinajstić information content (AvgIpc) is 2.34. The molecule has 92 valence electrons. The number of carbonyl (C=O) groups is 1. The predicted molar refractivity (Wildman–Crippen MR) is 68.3 cm³/mol. The second-order valence-electron chi connectivity index (χ2n) is 3.78. The monoisotopic (exact) mass is 264 g/mol. The van der Waals surface area contributed by atoms with Crippen molar-refractivity contribution >= 4 is 23.2 Å². The Morgan fingerprint density at radius 1 is 1.33 bits per heavy atom. The molecule has 0 unspecified atom stereocenters. The average molecular weight is 265 g/mol. The number of pyridine rings is 1. The van der Waals surface area contributed by atoms with Crippen LogP contribution in [0.25, 0.3) is 0 Å². The van der Waals surface area contributed by atoms with Gasteiger partial charge in [-0.2, -0.15) is 4.39 Å². The molecule has 2 aromatic rings. The predicted octanol–water partition coefficient (Wildman–Crippen LogP) is 3.43. The number of aromatic nitrogens is 1. The minimum atomic E-state index is -0.696. The molecule has 1 aromatic carbocycles. The molecule has 1 aromatic heterocycles. The van der Waals surface area contributed by atoms with E-state index >= 15 is 0 Å². The molecule has 0 radical (unpaired) electrons. The van der Waals surface area contributed by atoms with Gasteiger partial charge in [0, 0.05) is 0 Å². The maximum Gasteiger partial charge on any atom is 0.274 e. The van der Waals surface area contributed by atoms with Crippen LogP contribution in [-0.4, -0.2) is 10.9 Å². The fourth-order valence-electron chi connectivity index (χ4n) is 1.46. The highest BCUT2D eigenvalue weighted by Crippen LogP contribution is 2.23. The van der Waals surface area contributed by atoms with E-state index in [1.165, 1.54) is 18.2 Å². The quantitative estimate of drug-likeness (QED) is 0.845. The third-order valence-corrected chi connectivity index (χ3v) is 2.65. The van der Waals surface area contributed by atoms with E-state index in [-0.39, 0.29) is 5.69 Å². The number of carbonyl (C=O) groups excluding carboxylic acids is 1. The zero-order chi connectivity index (χ0) is 13.1. The number of nitrogens with one attached hydrogen (secondary N) is 1. The van der Waals surface area contributed by atoms with Crippen molar-refractivity contribution in [3.63, 3.8) is 0 Å². The van der Waals surface area contributed by atoms with Gasteiger partial charge in [0.2, 0.25) is 5.95 Å². The van der Waals surface area contributed by atoms with Crippen LogP contribution in [0.2, 0.25) is 5.02 Å². The van der Waals surface area contributed by atoms with E-state index in [0.29, 0.717) is 10.7 Å². The number of hydrogen-bond donors (Lipinski definition) is 1. The summed E-state index contributed by atoms with van der Waals surface area (Å²) in [5.41, 5.74) is 1.45. The van der Waals surface area contributed by atoms with Gasteiger partial charge in [0.15, 0.2) is 0 Å². The number of anilines is 1. The van der Waals surface area contributed by atoms with E-state index in [0.717, 1.165) is 5.56 Å². The zero-order valence-electron chi connectivity index (χ0n) is 9.58. The van der Waals surface area contributed by atoms with Crippen molar-refractivity contribution in [2.75, 3.05) is 5.32 Å². The Morgan fingerprint density at radius 3 is 2.83 bits per heavy atom. The van der Waals surface area contributed by atoms with E-state index in [2.05, 4.69) is 10.3 Å². The van der Waals surface area contributed by atoms with Crippen LogP contribution in [0.1, 0.15) is 16.1 Å². The van der Waals surface area contributed by atoms with Gasteiger partial charge < -0.3 is 5.32 Å². The number of benzene rings is 1. The first kappa shape index (κ1) is 12.5. The molecule has 18 heavy (non-hydrogen) atoms. The maximum absolute atomic E-state index is 12.9. The van der Waals surface area contributed by atoms with Crippen LogP contribution >= 0.6 is 11.6 Å². The van der Waals surface area contributed by atoms with Gasteiger partial charge in [0.05, 0.1) is 10.7 Å². The number of nitrogens with zero attached hydrogens (tertiary/aromatic N) is 1. The van der Waals surface area contributed by atoms with Crippen LogP contribution in [0.5, 0.6) is 0 Å². The topological polar surface area (TPSA) is 42.0 Å². The first-order valence-corrected chi connectivity index (χ1v) is 5.64. The Bertz CT molecular complexity index is 601. The van der Waals surface area contributed by atoms with Crippen LogP contribution in [0, 0.1) is 12.9 Å². The van der Waals surface area contributed by atoms with E-state index in [4.69, 9.17) is 11.6 Å². The largest absolute Gasteiger partial charge is 0.319 e. The molecule has 0 aliphatic carbocycles. The highest BCUT2D eigenvalue weighted by atomic mass is 35.5. The second-order valence-corrected chi connectivity index (χ2v) is 4.19.